The number of nitrogens with two attached hydrogens (primary N) is 2. The first-order valence-electron chi connectivity index (χ1n) is 10.9. The second-order valence-corrected chi connectivity index (χ2v) is 7.35. The van der Waals surface area contributed by atoms with E-state index < -0.39 is 0 Å². The normalized spacial score (nSPS) is 20.8. The molecule has 0 radical (unpaired) electrons. The number of imide groups is 1. The van der Waals surface area contributed by atoms with Crippen molar-refractivity contribution >= 4 is 24.8 Å². The van der Waals surface area contributed by atoms with Crippen molar-refractivity contribution in [1.29, 1.82) is 0 Å². The molecule has 3 aliphatic heterocycles. The lowest BCUT2D eigenvalue weighted by Crippen LogP contribution is -2.38. The number of carbonyl (C=O) groups is 3. The first-order valence-corrected chi connectivity index (χ1v) is 10.9. The number of dihydropyridines is 1. The van der Waals surface area contributed by atoms with Crippen molar-refractivity contribution in [2.75, 3.05) is 33.2 Å². The largest absolute Gasteiger partial charge is 0.398 e. The van der Waals surface area contributed by atoms with Crippen LogP contribution in [0, 0.1) is 5.92 Å². The third-order valence-corrected chi connectivity index (χ3v) is 5.10. The van der Waals surface area contributed by atoms with Crippen molar-refractivity contribution in [1.82, 2.24) is 15.1 Å². The van der Waals surface area contributed by atoms with Gasteiger partial charge in [-0.2, -0.15) is 0 Å². The second-order valence-electron chi connectivity index (χ2n) is 7.35. The van der Waals surface area contributed by atoms with Gasteiger partial charge in [0, 0.05) is 57.7 Å². The second kappa shape index (κ2) is 13.1. The number of likely N-dealkylation sites (N-methyl/N-ethyl adjacent to an activating group) is 1. The fourth-order valence-corrected chi connectivity index (χ4v) is 3.58. The lowest BCUT2D eigenvalue weighted by molar-refractivity contribution is -0.136. The summed E-state index contributed by atoms with van der Waals surface area (Å²) in [6.45, 7) is 10.8. The third kappa shape index (κ3) is 6.57. The van der Waals surface area contributed by atoms with Crippen molar-refractivity contribution in [2.45, 2.75) is 33.6 Å². The Morgan fingerprint density at radius 3 is 2.62 bits per heavy atom. The number of rotatable bonds is 6. The quantitative estimate of drug-likeness (QED) is 0.413. The maximum atomic E-state index is 12.3. The maximum Gasteiger partial charge on any atom is 0.277 e. The van der Waals surface area contributed by atoms with Gasteiger partial charge in [0.25, 0.3) is 11.8 Å². The van der Waals surface area contributed by atoms with E-state index in [0.29, 0.717) is 48.2 Å². The van der Waals surface area contributed by atoms with Crippen LogP contribution in [0.4, 0.5) is 0 Å². The number of hydrogen-bond donors (Lipinski definition) is 3. The molecule has 1 atom stereocenters. The van der Waals surface area contributed by atoms with Crippen LogP contribution in [-0.2, 0) is 14.4 Å². The predicted octanol–water partition coefficient (Wildman–Crippen LogP) is 1.30. The molecular weight excluding hydrogens is 408 g/mol. The summed E-state index contributed by atoms with van der Waals surface area (Å²) < 4.78 is 0. The molecule has 0 aromatic carbocycles. The Morgan fingerprint density at radius 1 is 1.28 bits per heavy atom. The molecule has 0 saturated heterocycles. The third-order valence-electron chi connectivity index (χ3n) is 5.10. The molecule has 0 aromatic rings. The monoisotopic (exact) mass is 446 g/mol. The number of amides is 2. The van der Waals surface area contributed by atoms with E-state index in [2.05, 4.69) is 23.3 Å². The summed E-state index contributed by atoms with van der Waals surface area (Å²) in [6.07, 6.45) is 8.89. The molecule has 3 aliphatic rings. The van der Waals surface area contributed by atoms with Gasteiger partial charge in [0.15, 0.2) is 0 Å². The molecule has 2 amide bonds. The summed E-state index contributed by atoms with van der Waals surface area (Å²) in [7, 11) is 1.53. The van der Waals surface area contributed by atoms with Gasteiger partial charge in [0.05, 0.1) is 5.82 Å². The Hall–Kier alpha value is -3.36. The molecule has 0 fully saturated rings. The van der Waals surface area contributed by atoms with Crippen LogP contribution < -0.4 is 16.8 Å². The number of carbonyl (C=O) groups excluding carboxylic acids is 3. The van der Waals surface area contributed by atoms with Crippen LogP contribution in [0.15, 0.2) is 51.6 Å². The smallest absolute Gasteiger partial charge is 0.277 e. The van der Waals surface area contributed by atoms with Gasteiger partial charge in [-0.15, -0.1) is 0 Å². The highest BCUT2D eigenvalue weighted by Crippen LogP contribution is 2.30. The van der Waals surface area contributed by atoms with Gasteiger partial charge >= 0.3 is 0 Å². The summed E-state index contributed by atoms with van der Waals surface area (Å²) in [5.41, 5.74) is 14.8. The van der Waals surface area contributed by atoms with E-state index in [-0.39, 0.29) is 13.2 Å². The topological polar surface area (TPSA) is 134 Å². The molecule has 9 heteroatoms. The number of nitrogens with zero attached hydrogens (tertiary/aromatic N) is 3. The first-order chi connectivity index (χ1) is 15.4. The van der Waals surface area contributed by atoms with Gasteiger partial charge in [0.1, 0.15) is 12.5 Å². The molecular formula is C23H38N6O3. The molecule has 178 valence electrons. The van der Waals surface area contributed by atoms with Crippen molar-refractivity contribution in [2.24, 2.45) is 22.4 Å². The number of nitrogens with one attached hydrogen (secondary N) is 1. The summed E-state index contributed by atoms with van der Waals surface area (Å²) in [6, 6.07) is 0. The van der Waals surface area contributed by atoms with E-state index in [1.165, 1.54) is 11.9 Å². The molecule has 32 heavy (non-hydrogen) atoms. The van der Waals surface area contributed by atoms with Crippen LogP contribution in [0.2, 0.25) is 0 Å². The highest BCUT2D eigenvalue weighted by Gasteiger charge is 2.39. The average Bonchev–Trinajstić information content (AvgIpc) is 3.04. The Bertz CT molecular complexity index is 847. The van der Waals surface area contributed by atoms with Gasteiger partial charge in [0.2, 0.25) is 0 Å². The highest BCUT2D eigenvalue weighted by atomic mass is 16.2. The SMILES string of the molecule is C=O.CC.CC1C=C(/C(N)=C/C=C(\N)NCCN2CCCC3=C2C(=O)N(C)C3=O)C=NC1.[HH]. The van der Waals surface area contributed by atoms with Crippen LogP contribution in [0.3, 0.4) is 0 Å². The van der Waals surface area contributed by atoms with Crippen molar-refractivity contribution < 1.29 is 15.8 Å². The van der Waals surface area contributed by atoms with Crippen molar-refractivity contribution in [3.63, 3.8) is 0 Å². The van der Waals surface area contributed by atoms with E-state index in [9.17, 15) is 9.59 Å². The van der Waals surface area contributed by atoms with Gasteiger partial charge in [-0.3, -0.25) is 19.5 Å². The minimum absolute atomic E-state index is 0. The Morgan fingerprint density at radius 2 is 1.97 bits per heavy atom. The van der Waals surface area contributed by atoms with Crippen LogP contribution in [0.1, 0.15) is 35.0 Å². The lowest BCUT2D eigenvalue weighted by atomic mass is 10.0. The van der Waals surface area contributed by atoms with Crippen molar-refractivity contribution in [3.8, 4) is 0 Å². The highest BCUT2D eigenvalue weighted by molar-refractivity contribution is 6.18. The number of allylic oxidation sites excluding steroid dienone is 3. The Labute approximate surface area is 192 Å². The Balaban J connectivity index is 0.00000194. The van der Waals surface area contributed by atoms with E-state index in [4.69, 9.17) is 16.3 Å². The molecule has 9 nitrogen and oxygen atoms in total. The van der Waals surface area contributed by atoms with Gasteiger partial charge < -0.3 is 26.5 Å². The summed E-state index contributed by atoms with van der Waals surface area (Å²) >= 11 is 0. The van der Waals surface area contributed by atoms with Gasteiger partial charge in [-0.25, -0.2) is 0 Å². The van der Waals surface area contributed by atoms with Crippen LogP contribution >= 0.6 is 0 Å². The van der Waals surface area contributed by atoms with Crippen LogP contribution in [0.25, 0.3) is 0 Å². The van der Waals surface area contributed by atoms with Gasteiger partial charge in [-0.05, 0) is 30.9 Å². The zero-order chi connectivity index (χ0) is 24.3. The maximum absolute atomic E-state index is 12.3. The summed E-state index contributed by atoms with van der Waals surface area (Å²) in [5, 5.41) is 3.13. The molecule has 3 heterocycles. The summed E-state index contributed by atoms with van der Waals surface area (Å²) in [4.78, 5) is 39.9. The van der Waals surface area contributed by atoms with E-state index in [1.807, 2.05) is 25.5 Å². The zero-order valence-electron chi connectivity index (χ0n) is 19.6. The first kappa shape index (κ1) is 26.7. The zero-order valence-corrected chi connectivity index (χ0v) is 19.6. The minimum Gasteiger partial charge on any atom is -0.398 e. The molecule has 0 aromatic heterocycles. The molecule has 0 saturated carbocycles. The van der Waals surface area contributed by atoms with Crippen LogP contribution in [0.5, 0.6) is 0 Å². The molecule has 5 N–H and O–H groups in total. The van der Waals surface area contributed by atoms with E-state index >= 15 is 0 Å². The number of hydrogen-bond acceptors (Lipinski definition) is 8. The number of aliphatic imine (C=N–C) groups is 1. The minimum atomic E-state index is -0.212. The van der Waals surface area contributed by atoms with E-state index in [0.717, 1.165) is 25.1 Å². The van der Waals surface area contributed by atoms with E-state index in [1.54, 1.807) is 18.4 Å². The standard InChI is InChI=1S/C20H28N6O2.C2H6.CH2O.H2/c1-13-10-14(12-23-11-13)16(21)5-6-17(22)24-7-9-26-8-3-4-15-18(26)20(28)25(2)19(15)27;2*1-2;/h5-6,10,12-13,24H,3-4,7-9,11,21-22H2,1-2H3;1-2H3;1H2;1H/b16-5-,17-6+;;;. The Kier molecular flexibility index (Phi) is 11.0. The predicted molar refractivity (Wildman–Crippen MR) is 129 cm³/mol. The molecule has 3 rings (SSSR count). The van der Waals surface area contributed by atoms with Crippen LogP contribution in [-0.4, -0.2) is 67.8 Å². The lowest BCUT2D eigenvalue weighted by Gasteiger charge is -2.29. The average molecular weight is 447 g/mol. The fourth-order valence-electron chi connectivity index (χ4n) is 3.58. The van der Waals surface area contributed by atoms with Crippen molar-refractivity contribution in [3.05, 3.63) is 46.6 Å². The molecule has 0 spiro atoms. The van der Waals surface area contributed by atoms with Gasteiger partial charge in [-0.1, -0.05) is 26.8 Å². The molecule has 0 aliphatic carbocycles. The molecule has 0 bridgehead atoms. The fraction of sp³-hybridized carbons (Fsp3) is 0.478. The summed E-state index contributed by atoms with van der Waals surface area (Å²) in [5.74, 6) is 0.476. The molecule has 1 unspecified atom stereocenters.